The Morgan fingerprint density at radius 3 is 2.36 bits per heavy atom. The molecule has 2 aromatic rings. The summed E-state index contributed by atoms with van der Waals surface area (Å²) in [6, 6.07) is 12.6. The van der Waals surface area contributed by atoms with E-state index >= 15 is 0 Å². The molecule has 0 saturated carbocycles. The Morgan fingerprint density at radius 1 is 1.14 bits per heavy atom. The lowest BCUT2D eigenvalue weighted by molar-refractivity contribution is -0.123. The van der Waals surface area contributed by atoms with E-state index in [2.05, 4.69) is 5.32 Å². The van der Waals surface area contributed by atoms with E-state index < -0.39 is 11.8 Å². The number of hydrogen-bond donors (Lipinski definition) is 2. The molecule has 0 bridgehead atoms. The second kappa shape index (κ2) is 8.12. The number of hydrogen-bond acceptors (Lipinski definition) is 4. The number of nitrogens with one attached hydrogen (secondary N) is 1. The van der Waals surface area contributed by atoms with Crippen LogP contribution in [0.3, 0.4) is 0 Å². The summed E-state index contributed by atoms with van der Waals surface area (Å²) in [7, 11) is 0. The molecule has 0 spiro atoms. The largest absolute Gasteiger partial charge is 0.484 e. The highest BCUT2D eigenvalue weighted by atomic mass is 16.5. The molecule has 1 aliphatic rings. The zero-order chi connectivity index (χ0) is 20.3. The third kappa shape index (κ3) is 4.31. The van der Waals surface area contributed by atoms with Gasteiger partial charge in [0.05, 0.1) is 5.92 Å². The number of carbonyl (C=O) groups is 3. The molecule has 1 fully saturated rings. The number of aryl methyl sites for hydroxylation is 2. The van der Waals surface area contributed by atoms with Crippen LogP contribution in [0.2, 0.25) is 0 Å². The second-order valence-electron chi connectivity index (χ2n) is 6.91. The van der Waals surface area contributed by atoms with Gasteiger partial charge in [-0.3, -0.25) is 14.4 Å². The molecule has 3 N–H and O–H groups in total. The first-order valence-electron chi connectivity index (χ1n) is 9.03. The van der Waals surface area contributed by atoms with Gasteiger partial charge >= 0.3 is 0 Å². The van der Waals surface area contributed by atoms with E-state index in [-0.39, 0.29) is 31.4 Å². The molecular formula is C21H23N3O4. The minimum Gasteiger partial charge on any atom is -0.484 e. The van der Waals surface area contributed by atoms with Crippen molar-refractivity contribution in [3.8, 4) is 5.75 Å². The Balaban J connectivity index is 1.57. The highest BCUT2D eigenvalue weighted by Gasteiger charge is 2.33. The lowest BCUT2D eigenvalue weighted by Crippen LogP contribution is -2.28. The predicted molar refractivity (Wildman–Crippen MR) is 106 cm³/mol. The highest BCUT2D eigenvalue weighted by molar-refractivity contribution is 6.00. The summed E-state index contributed by atoms with van der Waals surface area (Å²) in [6.07, 6.45) is 0.131. The normalized spacial score (nSPS) is 16.1. The lowest BCUT2D eigenvalue weighted by Gasteiger charge is -2.17. The molecular weight excluding hydrogens is 358 g/mol. The van der Waals surface area contributed by atoms with E-state index in [1.54, 1.807) is 24.3 Å². The van der Waals surface area contributed by atoms with Crippen LogP contribution in [-0.4, -0.2) is 30.9 Å². The van der Waals surface area contributed by atoms with Gasteiger partial charge in [0.1, 0.15) is 5.75 Å². The standard InChI is InChI=1S/C21H23N3O4/c1-13-4-3-5-14(2)20(13)23-18(25)12-28-17-8-6-16(7-9-17)24-11-15(21(22)27)10-19(24)26/h3-9,15H,10-12H2,1-2H3,(H2,22,27)(H,23,25)/t15-/m1/s1. The van der Waals surface area contributed by atoms with Crippen LogP contribution >= 0.6 is 0 Å². The molecule has 3 amide bonds. The first kappa shape index (κ1) is 19.4. The summed E-state index contributed by atoms with van der Waals surface area (Å²) < 4.78 is 5.53. The van der Waals surface area contributed by atoms with E-state index in [9.17, 15) is 14.4 Å². The number of para-hydroxylation sites is 1. The zero-order valence-electron chi connectivity index (χ0n) is 15.9. The summed E-state index contributed by atoms with van der Waals surface area (Å²) in [4.78, 5) is 37.0. The maximum Gasteiger partial charge on any atom is 0.262 e. The van der Waals surface area contributed by atoms with Crippen molar-refractivity contribution in [1.29, 1.82) is 0 Å². The fourth-order valence-electron chi connectivity index (χ4n) is 3.21. The fourth-order valence-corrected chi connectivity index (χ4v) is 3.21. The summed E-state index contributed by atoms with van der Waals surface area (Å²) >= 11 is 0. The number of primary amides is 1. The van der Waals surface area contributed by atoms with Crippen LogP contribution in [0.15, 0.2) is 42.5 Å². The van der Waals surface area contributed by atoms with Crippen LogP contribution in [0.1, 0.15) is 17.5 Å². The molecule has 7 nitrogen and oxygen atoms in total. The molecule has 0 unspecified atom stereocenters. The van der Waals surface area contributed by atoms with Gasteiger partial charge in [0.25, 0.3) is 5.91 Å². The number of rotatable bonds is 6. The molecule has 1 heterocycles. The quantitative estimate of drug-likeness (QED) is 0.800. The number of nitrogens with zero attached hydrogens (tertiary/aromatic N) is 1. The third-order valence-electron chi connectivity index (χ3n) is 4.79. The molecule has 0 radical (unpaired) electrons. The van der Waals surface area contributed by atoms with E-state index in [1.165, 1.54) is 4.90 Å². The molecule has 2 aromatic carbocycles. The Bertz CT molecular complexity index is 888. The van der Waals surface area contributed by atoms with Crippen molar-refractivity contribution in [3.63, 3.8) is 0 Å². The van der Waals surface area contributed by atoms with Crippen LogP contribution in [-0.2, 0) is 14.4 Å². The van der Waals surface area contributed by atoms with E-state index in [0.717, 1.165) is 16.8 Å². The topological polar surface area (TPSA) is 102 Å². The van der Waals surface area contributed by atoms with Crippen molar-refractivity contribution >= 4 is 29.1 Å². The van der Waals surface area contributed by atoms with E-state index in [0.29, 0.717) is 11.4 Å². The first-order valence-corrected chi connectivity index (χ1v) is 9.03. The van der Waals surface area contributed by atoms with Gasteiger partial charge in [-0.15, -0.1) is 0 Å². The number of ether oxygens (including phenoxy) is 1. The summed E-state index contributed by atoms with van der Waals surface area (Å²) in [5, 5.41) is 2.87. The average molecular weight is 381 g/mol. The number of amides is 3. The maximum absolute atomic E-state index is 12.2. The average Bonchev–Trinajstić information content (AvgIpc) is 3.06. The molecule has 1 saturated heterocycles. The minimum atomic E-state index is -0.467. The van der Waals surface area contributed by atoms with Crippen molar-refractivity contribution in [3.05, 3.63) is 53.6 Å². The Hall–Kier alpha value is -3.35. The Labute approximate surface area is 163 Å². The van der Waals surface area contributed by atoms with Crippen molar-refractivity contribution in [2.75, 3.05) is 23.4 Å². The molecule has 0 aromatic heterocycles. The zero-order valence-corrected chi connectivity index (χ0v) is 15.9. The molecule has 3 rings (SSSR count). The van der Waals surface area contributed by atoms with Gasteiger partial charge in [-0.05, 0) is 49.2 Å². The number of benzene rings is 2. The lowest BCUT2D eigenvalue weighted by atomic mass is 10.1. The number of anilines is 2. The SMILES string of the molecule is Cc1cccc(C)c1NC(=O)COc1ccc(N2C[C@H](C(N)=O)CC2=O)cc1. The predicted octanol–water partition coefficient (Wildman–Crippen LogP) is 2.16. The fraction of sp³-hybridized carbons (Fsp3) is 0.286. The van der Waals surface area contributed by atoms with Crippen molar-refractivity contribution in [2.45, 2.75) is 20.3 Å². The number of carbonyl (C=O) groups excluding carboxylic acids is 3. The van der Waals surface area contributed by atoms with Gasteiger partial charge in [0.15, 0.2) is 6.61 Å². The molecule has 0 aliphatic carbocycles. The minimum absolute atomic E-state index is 0.125. The van der Waals surface area contributed by atoms with Gasteiger partial charge in [0, 0.05) is 24.3 Å². The third-order valence-corrected chi connectivity index (χ3v) is 4.79. The molecule has 1 aliphatic heterocycles. The smallest absolute Gasteiger partial charge is 0.262 e. The maximum atomic E-state index is 12.2. The van der Waals surface area contributed by atoms with Gasteiger partial charge < -0.3 is 20.7 Å². The van der Waals surface area contributed by atoms with Crippen molar-refractivity contribution < 1.29 is 19.1 Å². The molecule has 146 valence electrons. The monoisotopic (exact) mass is 381 g/mol. The summed E-state index contributed by atoms with van der Waals surface area (Å²) in [6.45, 7) is 4.03. The Kier molecular flexibility index (Phi) is 5.63. The summed E-state index contributed by atoms with van der Waals surface area (Å²) in [5.41, 5.74) is 8.73. The van der Waals surface area contributed by atoms with Gasteiger partial charge in [-0.2, -0.15) is 0 Å². The summed E-state index contributed by atoms with van der Waals surface area (Å²) in [5.74, 6) is -0.799. The number of nitrogens with two attached hydrogens (primary N) is 1. The first-order chi connectivity index (χ1) is 13.3. The van der Waals surface area contributed by atoms with Gasteiger partial charge in [0.2, 0.25) is 11.8 Å². The Morgan fingerprint density at radius 2 is 1.79 bits per heavy atom. The van der Waals surface area contributed by atoms with E-state index in [1.807, 2.05) is 32.0 Å². The van der Waals surface area contributed by atoms with Gasteiger partial charge in [-0.1, -0.05) is 18.2 Å². The van der Waals surface area contributed by atoms with Gasteiger partial charge in [-0.25, -0.2) is 0 Å². The molecule has 7 heteroatoms. The van der Waals surface area contributed by atoms with Crippen molar-refractivity contribution in [1.82, 2.24) is 0 Å². The molecule has 1 atom stereocenters. The van der Waals surface area contributed by atoms with Crippen LogP contribution < -0.4 is 20.7 Å². The van der Waals surface area contributed by atoms with Crippen LogP contribution in [0.5, 0.6) is 5.75 Å². The van der Waals surface area contributed by atoms with Crippen LogP contribution in [0, 0.1) is 19.8 Å². The highest BCUT2D eigenvalue weighted by Crippen LogP contribution is 2.27. The van der Waals surface area contributed by atoms with Crippen LogP contribution in [0.25, 0.3) is 0 Å². The molecule has 28 heavy (non-hydrogen) atoms. The van der Waals surface area contributed by atoms with Crippen molar-refractivity contribution in [2.24, 2.45) is 11.7 Å². The van der Waals surface area contributed by atoms with E-state index in [4.69, 9.17) is 10.5 Å². The second-order valence-corrected chi connectivity index (χ2v) is 6.91. The van der Waals surface area contributed by atoms with Crippen LogP contribution in [0.4, 0.5) is 11.4 Å².